The summed E-state index contributed by atoms with van der Waals surface area (Å²) in [6, 6.07) is -0.112. The summed E-state index contributed by atoms with van der Waals surface area (Å²) in [4.78, 5) is 25.9. The van der Waals surface area contributed by atoms with Crippen LogP contribution in [0.5, 0.6) is 0 Å². The van der Waals surface area contributed by atoms with Crippen LogP contribution in [-0.2, 0) is 9.59 Å². The predicted molar refractivity (Wildman–Crippen MR) is 64.9 cm³/mol. The lowest BCUT2D eigenvalue weighted by Gasteiger charge is -2.29. The lowest BCUT2D eigenvalue weighted by molar-refractivity contribution is -0.146. The van der Waals surface area contributed by atoms with Crippen LogP contribution >= 0.6 is 0 Å². The van der Waals surface area contributed by atoms with Crippen LogP contribution < -0.4 is 5.73 Å². The molecule has 2 aliphatic rings. The Labute approximate surface area is 103 Å². The van der Waals surface area contributed by atoms with Gasteiger partial charge >= 0.3 is 0 Å². The molecule has 2 fully saturated rings. The fourth-order valence-electron chi connectivity index (χ4n) is 3.18. The van der Waals surface area contributed by atoms with E-state index in [1.165, 1.54) is 4.90 Å². The molecule has 17 heavy (non-hydrogen) atoms. The van der Waals surface area contributed by atoms with Gasteiger partial charge in [-0.05, 0) is 17.8 Å². The molecule has 0 radical (unpaired) electrons. The van der Waals surface area contributed by atoms with E-state index in [9.17, 15) is 9.59 Å². The van der Waals surface area contributed by atoms with Gasteiger partial charge in [-0.25, -0.2) is 0 Å². The highest BCUT2D eigenvalue weighted by atomic mass is 16.2. The third-order valence-corrected chi connectivity index (χ3v) is 4.22. The van der Waals surface area contributed by atoms with Crippen molar-refractivity contribution in [3.8, 4) is 0 Å². The first-order valence-electron chi connectivity index (χ1n) is 6.39. The predicted octanol–water partition coefficient (Wildman–Crippen LogP) is 1.00. The first-order chi connectivity index (χ1) is 7.82. The molecule has 1 saturated carbocycles. The van der Waals surface area contributed by atoms with Gasteiger partial charge in [-0.15, -0.1) is 0 Å². The van der Waals surface area contributed by atoms with Crippen LogP contribution in [0.15, 0.2) is 0 Å². The Kier molecular flexibility index (Phi) is 2.81. The molecule has 3 atom stereocenters. The van der Waals surface area contributed by atoms with E-state index in [1.807, 2.05) is 13.8 Å². The second kappa shape index (κ2) is 3.80. The van der Waals surface area contributed by atoms with Gasteiger partial charge in [-0.2, -0.15) is 0 Å². The molecule has 0 aromatic carbocycles. The van der Waals surface area contributed by atoms with Gasteiger partial charge in [0.25, 0.3) is 0 Å². The standard InChI is InChI=1S/C13H22N2O2/c1-7(2)5-8(6-14)15-11(16)9-10(12(15)17)13(9,3)4/h7-10H,5-6,14H2,1-4H3. The van der Waals surface area contributed by atoms with Gasteiger partial charge in [-0.1, -0.05) is 27.7 Å². The summed E-state index contributed by atoms with van der Waals surface area (Å²) in [6.45, 7) is 8.52. The van der Waals surface area contributed by atoms with Gasteiger partial charge < -0.3 is 5.73 Å². The molecule has 0 bridgehead atoms. The van der Waals surface area contributed by atoms with E-state index in [2.05, 4.69) is 13.8 Å². The van der Waals surface area contributed by atoms with Gasteiger partial charge in [-0.3, -0.25) is 14.5 Å². The molecule has 0 spiro atoms. The zero-order chi connectivity index (χ0) is 13.0. The van der Waals surface area contributed by atoms with Gasteiger partial charge in [0.1, 0.15) is 0 Å². The number of amides is 2. The number of hydrogen-bond acceptors (Lipinski definition) is 3. The van der Waals surface area contributed by atoms with E-state index in [0.29, 0.717) is 12.5 Å². The monoisotopic (exact) mass is 238 g/mol. The molecule has 4 heteroatoms. The molecule has 2 N–H and O–H groups in total. The molecule has 1 aliphatic heterocycles. The second-order valence-corrected chi connectivity index (χ2v) is 6.34. The summed E-state index contributed by atoms with van der Waals surface area (Å²) in [7, 11) is 0. The van der Waals surface area contributed by atoms with Gasteiger partial charge in [0.15, 0.2) is 0 Å². The van der Waals surface area contributed by atoms with Gasteiger partial charge in [0.2, 0.25) is 11.8 Å². The number of piperidine rings is 1. The minimum Gasteiger partial charge on any atom is -0.328 e. The van der Waals surface area contributed by atoms with Gasteiger partial charge in [0.05, 0.1) is 17.9 Å². The number of rotatable bonds is 4. The van der Waals surface area contributed by atoms with E-state index < -0.39 is 0 Å². The Morgan fingerprint density at radius 1 is 1.24 bits per heavy atom. The van der Waals surface area contributed by atoms with Crippen molar-refractivity contribution in [1.29, 1.82) is 0 Å². The lowest BCUT2D eigenvalue weighted by Crippen LogP contribution is -2.48. The third-order valence-electron chi connectivity index (χ3n) is 4.22. The highest BCUT2D eigenvalue weighted by Crippen LogP contribution is 2.63. The van der Waals surface area contributed by atoms with Crippen LogP contribution in [0.3, 0.4) is 0 Å². The maximum Gasteiger partial charge on any atom is 0.233 e. The molecule has 2 rings (SSSR count). The first kappa shape index (κ1) is 12.6. The number of likely N-dealkylation sites (tertiary alicyclic amines) is 1. The normalized spacial score (nSPS) is 32.0. The van der Waals surface area contributed by atoms with Crippen LogP contribution in [0.4, 0.5) is 0 Å². The van der Waals surface area contributed by atoms with Crippen molar-refractivity contribution in [1.82, 2.24) is 4.90 Å². The van der Waals surface area contributed by atoms with Crippen LogP contribution in [0.2, 0.25) is 0 Å². The highest BCUT2D eigenvalue weighted by molar-refractivity contribution is 6.10. The van der Waals surface area contributed by atoms with E-state index in [0.717, 1.165) is 6.42 Å². The number of nitrogens with zero attached hydrogens (tertiary/aromatic N) is 1. The Morgan fingerprint density at radius 2 is 1.71 bits per heavy atom. The zero-order valence-electron chi connectivity index (χ0n) is 11.1. The molecular weight excluding hydrogens is 216 g/mol. The summed E-state index contributed by atoms with van der Waals surface area (Å²) in [5, 5.41) is 0. The smallest absolute Gasteiger partial charge is 0.233 e. The Balaban J connectivity index is 2.14. The molecule has 1 heterocycles. The fraction of sp³-hybridized carbons (Fsp3) is 0.846. The number of nitrogens with two attached hydrogens (primary N) is 1. The minimum atomic E-state index is -0.123. The summed E-state index contributed by atoms with van der Waals surface area (Å²) in [5.74, 6) is 0.267. The van der Waals surface area contributed by atoms with Crippen molar-refractivity contribution in [3.63, 3.8) is 0 Å². The van der Waals surface area contributed by atoms with Crippen LogP contribution in [0.1, 0.15) is 34.1 Å². The number of carbonyl (C=O) groups is 2. The molecule has 0 aromatic heterocycles. The Hall–Kier alpha value is -0.900. The molecule has 96 valence electrons. The van der Waals surface area contributed by atoms with E-state index in [4.69, 9.17) is 5.73 Å². The molecule has 3 unspecified atom stereocenters. The quantitative estimate of drug-likeness (QED) is 0.743. The zero-order valence-corrected chi connectivity index (χ0v) is 11.1. The number of carbonyl (C=O) groups excluding carboxylic acids is 2. The molecule has 1 aliphatic carbocycles. The number of hydrogen-bond donors (Lipinski definition) is 1. The molecular formula is C13H22N2O2. The Morgan fingerprint density at radius 3 is 2.06 bits per heavy atom. The average Bonchev–Trinajstić information content (AvgIpc) is 2.66. The summed E-state index contributed by atoms with van der Waals surface area (Å²) in [6.07, 6.45) is 0.799. The van der Waals surface area contributed by atoms with Crippen LogP contribution in [0.25, 0.3) is 0 Å². The van der Waals surface area contributed by atoms with Crippen molar-refractivity contribution in [2.24, 2.45) is 28.9 Å². The minimum absolute atomic E-state index is 0.00102. The molecule has 2 amide bonds. The largest absolute Gasteiger partial charge is 0.328 e. The third kappa shape index (κ3) is 1.69. The number of imide groups is 1. The summed E-state index contributed by atoms with van der Waals surface area (Å²) < 4.78 is 0. The fourth-order valence-corrected chi connectivity index (χ4v) is 3.18. The SMILES string of the molecule is CC(C)CC(CN)N1C(=O)C2C(C1=O)C2(C)C. The first-order valence-corrected chi connectivity index (χ1v) is 6.39. The molecule has 4 nitrogen and oxygen atoms in total. The number of fused-ring (bicyclic) bond motifs is 1. The summed E-state index contributed by atoms with van der Waals surface area (Å²) in [5.41, 5.74) is 5.58. The van der Waals surface area contributed by atoms with Crippen molar-refractivity contribution in [3.05, 3.63) is 0 Å². The topological polar surface area (TPSA) is 63.4 Å². The second-order valence-electron chi connectivity index (χ2n) is 6.34. The average molecular weight is 238 g/mol. The lowest BCUT2D eigenvalue weighted by atomic mass is 9.99. The Bertz CT molecular complexity index is 338. The van der Waals surface area contributed by atoms with E-state index in [-0.39, 0.29) is 35.1 Å². The van der Waals surface area contributed by atoms with Crippen molar-refractivity contribution in [2.45, 2.75) is 40.2 Å². The van der Waals surface area contributed by atoms with E-state index >= 15 is 0 Å². The highest BCUT2D eigenvalue weighted by Gasteiger charge is 2.72. The molecule has 1 saturated heterocycles. The summed E-state index contributed by atoms with van der Waals surface area (Å²) >= 11 is 0. The maximum absolute atomic E-state index is 12.2. The van der Waals surface area contributed by atoms with Crippen molar-refractivity contribution >= 4 is 11.8 Å². The van der Waals surface area contributed by atoms with Crippen LogP contribution in [0, 0.1) is 23.2 Å². The van der Waals surface area contributed by atoms with Gasteiger partial charge in [0, 0.05) is 6.54 Å². The van der Waals surface area contributed by atoms with E-state index in [1.54, 1.807) is 0 Å². The van der Waals surface area contributed by atoms with Crippen LogP contribution in [-0.4, -0.2) is 29.3 Å². The maximum atomic E-state index is 12.2. The van der Waals surface area contributed by atoms with Crippen molar-refractivity contribution in [2.75, 3.05) is 6.54 Å². The van der Waals surface area contributed by atoms with Crippen molar-refractivity contribution < 1.29 is 9.59 Å². The molecule has 0 aromatic rings.